The molecule has 1 fully saturated rings. The van der Waals surface area contributed by atoms with Gasteiger partial charge in [-0.25, -0.2) is 0 Å². The summed E-state index contributed by atoms with van der Waals surface area (Å²) in [5.41, 5.74) is -0.612. The third-order valence-corrected chi connectivity index (χ3v) is 3.91. The lowest BCUT2D eigenvalue weighted by atomic mass is 9.83. The molecule has 0 radical (unpaired) electrons. The molecule has 2 N–H and O–H groups in total. The topological polar surface area (TPSA) is 32.3 Å². The van der Waals surface area contributed by atoms with E-state index in [1.54, 1.807) is 0 Å². The summed E-state index contributed by atoms with van der Waals surface area (Å²) in [4.78, 5) is 0. The first kappa shape index (κ1) is 13.0. The maximum Gasteiger partial charge on any atom is 0.0741 e. The minimum absolute atomic E-state index is 0.179. The van der Waals surface area contributed by atoms with Crippen LogP contribution in [0.4, 0.5) is 0 Å². The van der Waals surface area contributed by atoms with Crippen LogP contribution in [-0.4, -0.2) is 22.8 Å². The Morgan fingerprint density at radius 1 is 1.40 bits per heavy atom. The molecule has 1 rings (SSSR count). The maximum absolute atomic E-state index is 9.88. The van der Waals surface area contributed by atoms with E-state index in [1.165, 1.54) is 32.1 Å². The number of nitrogens with one attached hydrogen (secondary N) is 1. The first-order valence-corrected chi connectivity index (χ1v) is 6.42. The average molecular weight is 213 g/mol. The Kier molecular flexibility index (Phi) is 4.60. The van der Waals surface area contributed by atoms with Gasteiger partial charge in [-0.3, -0.25) is 0 Å². The summed E-state index contributed by atoms with van der Waals surface area (Å²) in [6.45, 7) is 8.12. The van der Waals surface area contributed by atoms with Gasteiger partial charge >= 0.3 is 0 Å². The Balaban J connectivity index is 2.38. The summed E-state index contributed by atoms with van der Waals surface area (Å²) in [6.07, 6.45) is 6.60. The van der Waals surface area contributed by atoms with E-state index in [1.807, 2.05) is 13.8 Å². The van der Waals surface area contributed by atoms with E-state index in [2.05, 4.69) is 19.2 Å². The largest absolute Gasteiger partial charge is 0.389 e. The first-order valence-electron chi connectivity index (χ1n) is 6.42. The van der Waals surface area contributed by atoms with Crippen molar-refractivity contribution in [2.75, 3.05) is 0 Å². The van der Waals surface area contributed by atoms with Crippen LogP contribution in [0.15, 0.2) is 0 Å². The number of hydrogen-bond acceptors (Lipinski definition) is 2. The van der Waals surface area contributed by atoms with E-state index < -0.39 is 5.60 Å². The van der Waals surface area contributed by atoms with Gasteiger partial charge in [0.15, 0.2) is 0 Å². The highest BCUT2D eigenvalue weighted by atomic mass is 16.3. The fraction of sp³-hybridized carbons (Fsp3) is 1.00. The van der Waals surface area contributed by atoms with Crippen molar-refractivity contribution in [1.82, 2.24) is 5.32 Å². The van der Waals surface area contributed by atoms with Crippen molar-refractivity contribution in [2.45, 2.75) is 77.5 Å². The predicted molar refractivity (Wildman–Crippen MR) is 64.9 cm³/mol. The van der Waals surface area contributed by atoms with Crippen molar-refractivity contribution >= 4 is 0 Å². The third-order valence-electron chi connectivity index (χ3n) is 3.91. The molecule has 90 valence electrons. The van der Waals surface area contributed by atoms with E-state index in [4.69, 9.17) is 0 Å². The zero-order valence-electron chi connectivity index (χ0n) is 10.7. The van der Waals surface area contributed by atoms with Crippen LogP contribution < -0.4 is 5.32 Å². The lowest BCUT2D eigenvalue weighted by molar-refractivity contribution is 0.0361. The summed E-state index contributed by atoms with van der Waals surface area (Å²) in [7, 11) is 0. The second kappa shape index (κ2) is 5.31. The third kappa shape index (κ3) is 4.12. The molecular formula is C13H27NO. The molecule has 0 aliphatic heterocycles. The number of aliphatic hydroxyl groups is 1. The molecule has 2 heteroatoms. The van der Waals surface area contributed by atoms with Gasteiger partial charge in [0.05, 0.1) is 5.60 Å². The SMILES string of the molecule is CCC1CCCC(NC(C)C(C)(C)O)C1. The Bertz CT molecular complexity index is 185. The fourth-order valence-corrected chi connectivity index (χ4v) is 2.37. The van der Waals surface area contributed by atoms with Crippen molar-refractivity contribution < 1.29 is 5.11 Å². The standard InChI is InChI=1S/C13H27NO/c1-5-11-7-6-8-12(9-11)14-10(2)13(3,4)15/h10-12,14-15H,5-9H2,1-4H3. The highest BCUT2D eigenvalue weighted by Crippen LogP contribution is 2.27. The highest BCUT2D eigenvalue weighted by molar-refractivity contribution is 4.85. The van der Waals surface area contributed by atoms with Crippen LogP contribution in [0.5, 0.6) is 0 Å². The molecule has 2 nitrogen and oxygen atoms in total. The number of rotatable bonds is 4. The van der Waals surface area contributed by atoms with Gasteiger partial charge in [-0.05, 0) is 39.5 Å². The molecule has 1 saturated carbocycles. The van der Waals surface area contributed by atoms with Gasteiger partial charge in [-0.1, -0.05) is 26.2 Å². The van der Waals surface area contributed by atoms with Gasteiger partial charge in [-0.15, -0.1) is 0 Å². The predicted octanol–water partition coefficient (Wildman–Crippen LogP) is 2.70. The van der Waals surface area contributed by atoms with Crippen LogP contribution >= 0.6 is 0 Å². The molecule has 0 aromatic carbocycles. The second-order valence-electron chi connectivity index (χ2n) is 5.68. The summed E-state index contributed by atoms with van der Waals surface area (Å²) in [5, 5.41) is 13.5. The molecule has 1 aliphatic rings. The average Bonchev–Trinajstić information content (AvgIpc) is 2.16. The highest BCUT2D eigenvalue weighted by Gasteiger charge is 2.27. The normalized spacial score (nSPS) is 30.2. The molecule has 3 unspecified atom stereocenters. The van der Waals surface area contributed by atoms with Crippen LogP contribution in [0, 0.1) is 5.92 Å². The van der Waals surface area contributed by atoms with E-state index in [9.17, 15) is 5.11 Å². The maximum atomic E-state index is 9.88. The van der Waals surface area contributed by atoms with Crippen LogP contribution in [0.2, 0.25) is 0 Å². The van der Waals surface area contributed by atoms with Gasteiger partial charge in [-0.2, -0.15) is 0 Å². The van der Waals surface area contributed by atoms with Crippen molar-refractivity contribution in [2.24, 2.45) is 5.92 Å². The number of hydrogen-bond donors (Lipinski definition) is 2. The van der Waals surface area contributed by atoms with Crippen LogP contribution in [-0.2, 0) is 0 Å². The molecule has 0 aromatic heterocycles. The zero-order chi connectivity index (χ0) is 11.5. The van der Waals surface area contributed by atoms with Gasteiger partial charge in [0.1, 0.15) is 0 Å². The summed E-state index contributed by atoms with van der Waals surface area (Å²) >= 11 is 0. The molecule has 1 aliphatic carbocycles. The summed E-state index contributed by atoms with van der Waals surface area (Å²) < 4.78 is 0. The molecular weight excluding hydrogens is 186 g/mol. The van der Waals surface area contributed by atoms with Gasteiger partial charge in [0.2, 0.25) is 0 Å². The zero-order valence-corrected chi connectivity index (χ0v) is 10.7. The fourth-order valence-electron chi connectivity index (χ4n) is 2.37. The van der Waals surface area contributed by atoms with Crippen molar-refractivity contribution in [3.8, 4) is 0 Å². The van der Waals surface area contributed by atoms with Crippen molar-refractivity contribution in [3.05, 3.63) is 0 Å². The molecule has 0 heterocycles. The van der Waals surface area contributed by atoms with E-state index >= 15 is 0 Å². The van der Waals surface area contributed by atoms with Crippen molar-refractivity contribution in [1.29, 1.82) is 0 Å². The smallest absolute Gasteiger partial charge is 0.0741 e. The Morgan fingerprint density at radius 2 is 2.07 bits per heavy atom. The van der Waals surface area contributed by atoms with Gasteiger partial charge < -0.3 is 10.4 Å². The van der Waals surface area contributed by atoms with E-state index in [0.29, 0.717) is 6.04 Å². The summed E-state index contributed by atoms with van der Waals surface area (Å²) in [5.74, 6) is 0.894. The van der Waals surface area contributed by atoms with E-state index in [0.717, 1.165) is 5.92 Å². The van der Waals surface area contributed by atoms with Crippen LogP contribution in [0.1, 0.15) is 59.8 Å². The van der Waals surface area contributed by atoms with Crippen LogP contribution in [0.25, 0.3) is 0 Å². The molecule has 0 aromatic rings. The van der Waals surface area contributed by atoms with Gasteiger partial charge in [0.25, 0.3) is 0 Å². The lowest BCUT2D eigenvalue weighted by Crippen LogP contribution is -2.50. The molecule has 0 amide bonds. The van der Waals surface area contributed by atoms with Crippen LogP contribution in [0.3, 0.4) is 0 Å². The first-order chi connectivity index (χ1) is 6.93. The quantitative estimate of drug-likeness (QED) is 0.752. The minimum Gasteiger partial charge on any atom is -0.389 e. The Labute approximate surface area is 94.5 Å². The molecule has 15 heavy (non-hydrogen) atoms. The molecule has 3 atom stereocenters. The van der Waals surface area contributed by atoms with Gasteiger partial charge in [0, 0.05) is 12.1 Å². The Morgan fingerprint density at radius 3 is 2.60 bits per heavy atom. The molecule has 0 saturated heterocycles. The van der Waals surface area contributed by atoms with Crippen molar-refractivity contribution in [3.63, 3.8) is 0 Å². The summed E-state index contributed by atoms with van der Waals surface area (Å²) in [6, 6.07) is 0.795. The second-order valence-corrected chi connectivity index (χ2v) is 5.68. The molecule has 0 spiro atoms. The lowest BCUT2D eigenvalue weighted by Gasteiger charge is -2.35. The molecule has 0 bridgehead atoms. The Hall–Kier alpha value is -0.0800. The van der Waals surface area contributed by atoms with E-state index in [-0.39, 0.29) is 6.04 Å². The monoisotopic (exact) mass is 213 g/mol. The minimum atomic E-state index is -0.612.